The molecule has 20 heavy (non-hydrogen) atoms. The molecule has 108 valence electrons. The monoisotopic (exact) mass is 292 g/mol. The molecule has 0 aliphatic rings. The molecule has 0 bridgehead atoms. The lowest BCUT2D eigenvalue weighted by Crippen LogP contribution is -1.98. The number of rotatable bonds is 7. The number of methoxy groups -OCH3 is 1. The molecule has 0 spiro atoms. The van der Waals surface area contributed by atoms with Crippen LogP contribution in [0.25, 0.3) is 0 Å². The third-order valence-electron chi connectivity index (χ3n) is 2.90. The molecule has 0 saturated carbocycles. The van der Waals surface area contributed by atoms with Crippen LogP contribution in [0.5, 0.6) is 11.5 Å². The topological polar surface area (TPSA) is 57.4 Å². The zero-order valence-corrected chi connectivity index (χ0v) is 12.7. The average molecular weight is 292 g/mol. The second-order valence-corrected chi connectivity index (χ2v) is 5.57. The van der Waals surface area contributed by atoms with Gasteiger partial charge in [-0.1, -0.05) is 19.4 Å². The van der Waals surface area contributed by atoms with E-state index in [2.05, 4.69) is 11.9 Å². The van der Waals surface area contributed by atoms with E-state index in [1.165, 1.54) is 0 Å². The molecule has 0 aliphatic carbocycles. The normalized spacial score (nSPS) is 10.6. The number of nitrogens with two attached hydrogens (primary N) is 1. The van der Waals surface area contributed by atoms with Gasteiger partial charge in [-0.3, -0.25) is 0 Å². The molecule has 1 heterocycles. The van der Waals surface area contributed by atoms with Crippen LogP contribution >= 0.6 is 11.3 Å². The average Bonchev–Trinajstić information content (AvgIpc) is 2.88. The van der Waals surface area contributed by atoms with Crippen LogP contribution in [-0.2, 0) is 19.6 Å². The van der Waals surface area contributed by atoms with E-state index in [1.54, 1.807) is 18.4 Å². The van der Waals surface area contributed by atoms with Gasteiger partial charge in [0, 0.05) is 17.5 Å². The Kier molecular flexibility index (Phi) is 5.38. The highest BCUT2D eigenvalue weighted by Gasteiger charge is 2.09. The SMILES string of the molecule is CCCc1nc(COc2cccc(OC)c2)sc1CN. The summed E-state index contributed by atoms with van der Waals surface area (Å²) in [6, 6.07) is 7.57. The summed E-state index contributed by atoms with van der Waals surface area (Å²) in [4.78, 5) is 5.77. The van der Waals surface area contributed by atoms with Gasteiger partial charge in [-0.05, 0) is 18.6 Å². The fraction of sp³-hybridized carbons (Fsp3) is 0.400. The van der Waals surface area contributed by atoms with Gasteiger partial charge < -0.3 is 15.2 Å². The van der Waals surface area contributed by atoms with Gasteiger partial charge in [0.05, 0.1) is 12.8 Å². The summed E-state index contributed by atoms with van der Waals surface area (Å²) in [7, 11) is 1.64. The van der Waals surface area contributed by atoms with Crippen molar-refractivity contribution in [1.29, 1.82) is 0 Å². The lowest BCUT2D eigenvalue weighted by Gasteiger charge is -2.05. The Labute approximate surface area is 123 Å². The number of ether oxygens (including phenoxy) is 2. The van der Waals surface area contributed by atoms with E-state index in [-0.39, 0.29) is 0 Å². The molecule has 0 atom stereocenters. The zero-order chi connectivity index (χ0) is 14.4. The lowest BCUT2D eigenvalue weighted by atomic mass is 10.2. The number of thiazole rings is 1. The van der Waals surface area contributed by atoms with Gasteiger partial charge in [0.25, 0.3) is 0 Å². The maximum absolute atomic E-state index is 5.75. The third-order valence-corrected chi connectivity index (χ3v) is 3.99. The first-order valence-corrected chi connectivity index (χ1v) is 7.52. The number of benzene rings is 1. The van der Waals surface area contributed by atoms with Crippen molar-refractivity contribution in [3.63, 3.8) is 0 Å². The van der Waals surface area contributed by atoms with Gasteiger partial charge in [-0.2, -0.15) is 0 Å². The van der Waals surface area contributed by atoms with Crippen molar-refractivity contribution < 1.29 is 9.47 Å². The van der Waals surface area contributed by atoms with E-state index < -0.39 is 0 Å². The van der Waals surface area contributed by atoms with Crippen LogP contribution in [0, 0.1) is 0 Å². The van der Waals surface area contributed by atoms with Crippen LogP contribution in [0.2, 0.25) is 0 Å². The van der Waals surface area contributed by atoms with Crippen LogP contribution in [0.4, 0.5) is 0 Å². The Morgan fingerprint density at radius 3 is 2.80 bits per heavy atom. The second kappa shape index (κ2) is 7.26. The van der Waals surface area contributed by atoms with Crippen LogP contribution in [0.15, 0.2) is 24.3 Å². The Balaban J connectivity index is 2.02. The molecule has 0 amide bonds. The summed E-state index contributed by atoms with van der Waals surface area (Å²) < 4.78 is 10.9. The van der Waals surface area contributed by atoms with Crippen LogP contribution in [-0.4, -0.2) is 12.1 Å². The van der Waals surface area contributed by atoms with E-state index in [0.29, 0.717) is 13.2 Å². The highest BCUT2D eigenvalue weighted by molar-refractivity contribution is 7.11. The smallest absolute Gasteiger partial charge is 0.140 e. The molecular weight excluding hydrogens is 272 g/mol. The van der Waals surface area contributed by atoms with E-state index in [1.807, 2.05) is 24.3 Å². The van der Waals surface area contributed by atoms with E-state index in [4.69, 9.17) is 15.2 Å². The van der Waals surface area contributed by atoms with Crippen molar-refractivity contribution >= 4 is 11.3 Å². The summed E-state index contributed by atoms with van der Waals surface area (Å²) in [6.07, 6.45) is 2.05. The van der Waals surface area contributed by atoms with E-state index >= 15 is 0 Å². The van der Waals surface area contributed by atoms with Crippen molar-refractivity contribution in [3.8, 4) is 11.5 Å². The van der Waals surface area contributed by atoms with Gasteiger partial charge in [0.1, 0.15) is 23.1 Å². The summed E-state index contributed by atoms with van der Waals surface area (Å²) in [5, 5.41) is 0.969. The molecule has 0 aliphatic heterocycles. The van der Waals surface area contributed by atoms with Crippen LogP contribution in [0.1, 0.15) is 28.9 Å². The predicted molar refractivity (Wildman–Crippen MR) is 81.3 cm³/mol. The molecule has 0 unspecified atom stereocenters. The quantitative estimate of drug-likeness (QED) is 0.851. The summed E-state index contributed by atoms with van der Waals surface area (Å²) in [5.41, 5.74) is 6.87. The third kappa shape index (κ3) is 3.71. The molecule has 0 saturated heterocycles. The van der Waals surface area contributed by atoms with Crippen molar-refractivity contribution in [2.45, 2.75) is 32.9 Å². The minimum Gasteiger partial charge on any atom is -0.497 e. The van der Waals surface area contributed by atoms with Gasteiger partial charge in [-0.25, -0.2) is 4.98 Å². The standard InChI is InChI=1S/C15H20N2O2S/c1-3-5-13-14(9-16)20-15(17-13)10-19-12-7-4-6-11(8-12)18-2/h4,6-8H,3,5,9-10,16H2,1-2H3. The van der Waals surface area contributed by atoms with Gasteiger partial charge in [0.15, 0.2) is 0 Å². The molecule has 2 aromatic rings. The molecule has 0 radical (unpaired) electrons. The first kappa shape index (κ1) is 14.8. The first-order chi connectivity index (χ1) is 9.76. The molecular formula is C15H20N2O2S. The van der Waals surface area contributed by atoms with Crippen molar-refractivity contribution in [2.75, 3.05) is 7.11 Å². The van der Waals surface area contributed by atoms with Gasteiger partial charge in [0.2, 0.25) is 0 Å². The van der Waals surface area contributed by atoms with Gasteiger partial charge >= 0.3 is 0 Å². The maximum Gasteiger partial charge on any atom is 0.140 e. The number of hydrogen-bond donors (Lipinski definition) is 1. The Morgan fingerprint density at radius 1 is 1.30 bits per heavy atom. The lowest BCUT2D eigenvalue weighted by molar-refractivity contribution is 0.303. The zero-order valence-electron chi connectivity index (χ0n) is 11.9. The van der Waals surface area contributed by atoms with Crippen LogP contribution in [0.3, 0.4) is 0 Å². The summed E-state index contributed by atoms with van der Waals surface area (Å²) in [5.74, 6) is 1.57. The van der Waals surface area contributed by atoms with E-state index in [0.717, 1.165) is 39.9 Å². The van der Waals surface area contributed by atoms with Crippen molar-refractivity contribution in [3.05, 3.63) is 39.8 Å². The minimum absolute atomic E-state index is 0.467. The Bertz CT molecular complexity index is 555. The molecule has 2 rings (SSSR count). The van der Waals surface area contributed by atoms with Crippen molar-refractivity contribution in [2.24, 2.45) is 5.73 Å². The maximum atomic E-state index is 5.75. The fourth-order valence-corrected chi connectivity index (χ4v) is 2.83. The van der Waals surface area contributed by atoms with Crippen molar-refractivity contribution in [1.82, 2.24) is 4.98 Å². The fourth-order valence-electron chi connectivity index (χ4n) is 1.93. The molecule has 1 aromatic heterocycles. The number of nitrogens with zero attached hydrogens (tertiary/aromatic N) is 1. The molecule has 1 aromatic carbocycles. The molecule has 4 nitrogen and oxygen atoms in total. The number of aromatic nitrogens is 1. The summed E-state index contributed by atoms with van der Waals surface area (Å²) >= 11 is 1.64. The molecule has 0 fully saturated rings. The highest BCUT2D eigenvalue weighted by atomic mass is 32.1. The second-order valence-electron chi connectivity index (χ2n) is 4.40. The minimum atomic E-state index is 0.467. The first-order valence-electron chi connectivity index (χ1n) is 6.71. The highest BCUT2D eigenvalue weighted by Crippen LogP contribution is 2.23. The Hall–Kier alpha value is -1.59. The Morgan fingerprint density at radius 2 is 2.10 bits per heavy atom. The molecule has 2 N–H and O–H groups in total. The van der Waals surface area contributed by atoms with Gasteiger partial charge in [-0.15, -0.1) is 11.3 Å². The number of aryl methyl sites for hydroxylation is 1. The summed E-state index contributed by atoms with van der Waals surface area (Å²) in [6.45, 7) is 3.16. The van der Waals surface area contributed by atoms with E-state index in [9.17, 15) is 0 Å². The molecule has 5 heteroatoms. The predicted octanol–water partition coefficient (Wildman–Crippen LogP) is 3.14. The van der Waals surface area contributed by atoms with Crippen LogP contribution < -0.4 is 15.2 Å². The number of hydrogen-bond acceptors (Lipinski definition) is 5. The largest absolute Gasteiger partial charge is 0.497 e.